The van der Waals surface area contributed by atoms with Crippen molar-refractivity contribution in [2.24, 2.45) is 5.92 Å². The zero-order valence-corrected chi connectivity index (χ0v) is 33.9. The van der Waals surface area contributed by atoms with E-state index in [9.17, 15) is 22.0 Å². The van der Waals surface area contributed by atoms with Crippen LogP contribution in [-0.2, 0) is 27.9 Å². The van der Waals surface area contributed by atoms with Crippen LogP contribution in [0.1, 0.15) is 25.0 Å². The van der Waals surface area contributed by atoms with Crippen LogP contribution in [0.25, 0.3) is 44.6 Å². The van der Waals surface area contributed by atoms with Crippen molar-refractivity contribution < 1.29 is 22.0 Å². The summed E-state index contributed by atoms with van der Waals surface area (Å²) in [4.78, 5) is 43.7. The van der Waals surface area contributed by atoms with Crippen molar-refractivity contribution in [3.05, 3.63) is 96.1 Å². The second-order valence-corrected chi connectivity index (χ2v) is 17.0. The second-order valence-electron chi connectivity index (χ2n) is 15.0. The first-order valence-corrected chi connectivity index (χ1v) is 21.1. The molecule has 0 unspecified atom stereocenters. The highest BCUT2D eigenvalue weighted by Crippen LogP contribution is 2.27. The highest BCUT2D eigenvalue weighted by Gasteiger charge is 2.25. The summed E-state index contributed by atoms with van der Waals surface area (Å²) in [5.41, 5.74) is 18.3. The maximum Gasteiger partial charge on any atom is 0.225 e. The lowest BCUT2D eigenvalue weighted by Crippen LogP contribution is -2.49. The molecule has 18 heteroatoms. The Kier molecular flexibility index (Phi) is 12.3. The van der Waals surface area contributed by atoms with Gasteiger partial charge in [0.25, 0.3) is 0 Å². The molecule has 0 atom stereocenters. The van der Waals surface area contributed by atoms with Crippen molar-refractivity contribution in [2.45, 2.75) is 26.9 Å². The number of anilines is 2. The van der Waals surface area contributed by atoms with E-state index in [0.717, 1.165) is 24.2 Å². The molecular formula is C41H46F2N12O3S. The van der Waals surface area contributed by atoms with E-state index in [4.69, 9.17) is 11.5 Å². The Balaban J connectivity index is 0.000000179. The molecule has 6 aromatic rings. The third kappa shape index (κ3) is 10.1. The Labute approximate surface area is 341 Å². The monoisotopic (exact) mass is 824 g/mol. The molecule has 2 aliphatic rings. The number of nitrogens with two attached hydrogens (primary N) is 2. The average molecular weight is 825 g/mol. The molecule has 0 spiro atoms. The maximum absolute atomic E-state index is 14.4. The number of nitrogen functional groups attached to an aromatic ring is 2. The Bertz CT molecular complexity index is 2600. The third-order valence-electron chi connectivity index (χ3n) is 10.3. The largest absolute Gasteiger partial charge is 0.382 e. The summed E-state index contributed by atoms with van der Waals surface area (Å²) in [6, 6.07) is 17.0. The smallest absolute Gasteiger partial charge is 0.225 e. The average Bonchev–Trinajstić information content (AvgIpc) is 3.20. The van der Waals surface area contributed by atoms with Crippen LogP contribution in [0.4, 0.5) is 20.4 Å². The van der Waals surface area contributed by atoms with Crippen molar-refractivity contribution in [3.63, 3.8) is 0 Å². The zero-order valence-electron chi connectivity index (χ0n) is 33.1. The van der Waals surface area contributed by atoms with Crippen LogP contribution >= 0.6 is 0 Å². The van der Waals surface area contributed by atoms with E-state index >= 15 is 0 Å². The molecule has 2 fully saturated rings. The fourth-order valence-corrected chi connectivity index (χ4v) is 8.07. The van der Waals surface area contributed by atoms with Crippen molar-refractivity contribution >= 4 is 49.6 Å². The van der Waals surface area contributed by atoms with Gasteiger partial charge in [-0.15, -0.1) is 0 Å². The Hall–Kier alpha value is -5.82. The number of halogens is 2. The number of sulfonamides is 1. The summed E-state index contributed by atoms with van der Waals surface area (Å²) in [6.45, 7) is 10.00. The summed E-state index contributed by atoms with van der Waals surface area (Å²) < 4.78 is 53.4. The lowest BCUT2D eigenvalue weighted by atomic mass is 10.1. The minimum Gasteiger partial charge on any atom is -0.382 e. The van der Waals surface area contributed by atoms with Gasteiger partial charge in [0, 0.05) is 82.5 Å². The molecule has 2 aromatic carbocycles. The van der Waals surface area contributed by atoms with Gasteiger partial charge in [0.15, 0.2) is 11.6 Å². The highest BCUT2D eigenvalue weighted by molar-refractivity contribution is 7.88. The second kappa shape index (κ2) is 17.6. The van der Waals surface area contributed by atoms with Gasteiger partial charge in [-0.25, -0.2) is 47.1 Å². The molecule has 8 rings (SSSR count). The number of aromatic nitrogens is 6. The van der Waals surface area contributed by atoms with Gasteiger partial charge in [0.2, 0.25) is 15.9 Å². The van der Waals surface area contributed by atoms with Crippen LogP contribution in [0.3, 0.4) is 0 Å². The summed E-state index contributed by atoms with van der Waals surface area (Å²) in [6.07, 6.45) is 3.99. The Morgan fingerprint density at radius 3 is 1.53 bits per heavy atom. The molecule has 0 radical (unpaired) electrons. The predicted octanol–water partition coefficient (Wildman–Crippen LogP) is 4.20. The van der Waals surface area contributed by atoms with Crippen LogP contribution in [0.5, 0.6) is 0 Å². The Morgan fingerprint density at radius 1 is 0.661 bits per heavy atom. The molecule has 4 aromatic heterocycles. The molecule has 59 heavy (non-hydrogen) atoms. The number of benzene rings is 2. The first-order chi connectivity index (χ1) is 28.2. The van der Waals surface area contributed by atoms with E-state index < -0.39 is 10.0 Å². The maximum atomic E-state index is 14.4. The van der Waals surface area contributed by atoms with Gasteiger partial charge in [-0.1, -0.05) is 13.8 Å². The minimum absolute atomic E-state index is 0.0104. The predicted molar refractivity (Wildman–Crippen MR) is 223 cm³/mol. The molecule has 0 saturated carbocycles. The number of rotatable bonds is 8. The fraction of sp³-hybridized carbons (Fsp3) is 0.341. The van der Waals surface area contributed by atoms with Crippen LogP contribution in [0.15, 0.2) is 73.3 Å². The van der Waals surface area contributed by atoms with Gasteiger partial charge in [-0.3, -0.25) is 14.6 Å². The summed E-state index contributed by atoms with van der Waals surface area (Å²) in [5.74, 6) is 0.107. The van der Waals surface area contributed by atoms with Crippen LogP contribution < -0.4 is 11.5 Å². The van der Waals surface area contributed by atoms with Gasteiger partial charge in [0.05, 0.1) is 28.7 Å². The molecule has 1 amide bonds. The number of nitrogens with zero attached hydrogens (tertiary/aromatic N) is 10. The van der Waals surface area contributed by atoms with Crippen molar-refractivity contribution in [1.82, 2.24) is 48.9 Å². The van der Waals surface area contributed by atoms with Crippen molar-refractivity contribution in [2.75, 3.05) is 70.1 Å². The number of fused-ring (bicyclic) bond motifs is 2. The standard InChI is InChI=1S/C22H25FN6O.C19H21FN6O2S/c1-14(2)22(30)29-7-5-28(6-8-29)12-15-9-16(11-17(23)10-15)18-3-4-19-20(27-18)21(24)26-13-25-19;1-29(27,28)26-6-4-25(5-7-26)11-13-8-14(10-15(20)9-13)16-2-3-17-18(24-16)19(21)23-12-22-17/h3-4,9-11,13-14H,5-8,12H2,1-2H3,(H2,24,25,26);2-3,8-10,12H,4-7,11H2,1H3,(H2,21,22,23). The molecule has 0 bridgehead atoms. The molecule has 15 nitrogen and oxygen atoms in total. The zero-order chi connectivity index (χ0) is 41.8. The van der Waals surface area contributed by atoms with E-state index in [-0.39, 0.29) is 29.3 Å². The fourth-order valence-electron chi connectivity index (χ4n) is 7.25. The van der Waals surface area contributed by atoms with Crippen molar-refractivity contribution in [1.29, 1.82) is 0 Å². The highest BCUT2D eigenvalue weighted by atomic mass is 32.2. The van der Waals surface area contributed by atoms with Crippen LogP contribution in [0.2, 0.25) is 0 Å². The molecule has 6 heterocycles. The van der Waals surface area contributed by atoms with Crippen LogP contribution in [-0.4, -0.2) is 122 Å². The normalized spacial score (nSPS) is 15.7. The lowest BCUT2D eigenvalue weighted by Gasteiger charge is -2.35. The van der Waals surface area contributed by atoms with E-state index in [1.165, 1.54) is 41.4 Å². The lowest BCUT2D eigenvalue weighted by molar-refractivity contribution is -0.136. The van der Waals surface area contributed by atoms with Gasteiger partial charge in [0.1, 0.15) is 35.3 Å². The van der Waals surface area contributed by atoms with Gasteiger partial charge in [-0.05, 0) is 71.8 Å². The molecule has 4 N–H and O–H groups in total. The number of piperazine rings is 2. The molecular weight excluding hydrogens is 779 g/mol. The number of hydrogen-bond acceptors (Lipinski definition) is 13. The Morgan fingerprint density at radius 2 is 1.10 bits per heavy atom. The van der Waals surface area contributed by atoms with Crippen LogP contribution in [0, 0.1) is 17.6 Å². The first kappa shape index (κ1) is 41.3. The number of hydrogen-bond donors (Lipinski definition) is 2. The SMILES string of the molecule is CC(C)C(=O)N1CCN(Cc2cc(F)cc(-c3ccc4ncnc(N)c4n3)c2)CC1.CS(=O)(=O)N1CCN(Cc2cc(F)cc(-c3ccc4ncnc(N)c4n3)c2)CC1. The quantitative estimate of drug-likeness (QED) is 0.222. The third-order valence-corrected chi connectivity index (χ3v) is 11.6. The van der Waals surface area contributed by atoms with E-state index in [1.807, 2.05) is 43.0 Å². The summed E-state index contributed by atoms with van der Waals surface area (Å²) in [7, 11) is -3.18. The summed E-state index contributed by atoms with van der Waals surface area (Å²) >= 11 is 0. The number of carbonyl (C=O) groups is 1. The number of carbonyl (C=O) groups excluding carboxylic acids is 1. The van der Waals surface area contributed by atoms with Gasteiger partial charge < -0.3 is 16.4 Å². The molecule has 2 aliphatic heterocycles. The van der Waals surface area contributed by atoms with E-state index in [1.54, 1.807) is 18.2 Å². The topological polar surface area (TPSA) is 194 Å². The van der Waals surface area contributed by atoms with E-state index in [2.05, 4.69) is 39.7 Å². The minimum atomic E-state index is -3.18. The number of amides is 1. The summed E-state index contributed by atoms with van der Waals surface area (Å²) in [5, 5.41) is 0. The molecule has 0 aliphatic carbocycles. The first-order valence-electron chi connectivity index (χ1n) is 19.2. The van der Waals surface area contributed by atoms with Crippen molar-refractivity contribution in [3.8, 4) is 22.5 Å². The molecule has 2 saturated heterocycles. The molecule has 308 valence electrons. The number of pyridine rings is 2. The van der Waals surface area contributed by atoms with E-state index in [0.29, 0.717) is 103 Å². The van der Waals surface area contributed by atoms with Gasteiger partial charge in [-0.2, -0.15) is 4.31 Å². The van der Waals surface area contributed by atoms with Gasteiger partial charge >= 0.3 is 0 Å².